The highest BCUT2D eigenvalue weighted by molar-refractivity contribution is 5.99. The summed E-state index contributed by atoms with van der Waals surface area (Å²) in [5.41, 5.74) is 5.84. The number of carbonyl (C=O) groups excluding carboxylic acids is 1. The molecule has 5 heteroatoms. The molecule has 0 saturated heterocycles. The molecule has 2 atom stereocenters. The normalized spacial score (nSPS) is 27.1. The lowest BCUT2D eigenvalue weighted by Crippen LogP contribution is -2.74. The van der Waals surface area contributed by atoms with Crippen LogP contribution in [0.3, 0.4) is 0 Å². The summed E-state index contributed by atoms with van der Waals surface area (Å²) in [5.74, 6) is -0.139. The molecule has 1 saturated carbocycles. The van der Waals surface area contributed by atoms with Gasteiger partial charge in [-0.05, 0) is 19.1 Å². The maximum absolute atomic E-state index is 12.4. The van der Waals surface area contributed by atoms with Crippen molar-refractivity contribution >= 4 is 24.0 Å². The zero-order valence-electron chi connectivity index (χ0n) is 12.2. The third kappa shape index (κ3) is 2.68. The summed E-state index contributed by atoms with van der Waals surface area (Å²) < 4.78 is 5.63. The van der Waals surface area contributed by atoms with Crippen LogP contribution >= 0.6 is 12.4 Å². The summed E-state index contributed by atoms with van der Waals surface area (Å²) >= 11 is 0. The van der Waals surface area contributed by atoms with Crippen LogP contribution in [0.4, 0.5) is 5.69 Å². The van der Waals surface area contributed by atoms with Crippen LogP contribution in [-0.2, 0) is 9.53 Å². The van der Waals surface area contributed by atoms with Crippen molar-refractivity contribution in [2.45, 2.75) is 38.8 Å². The van der Waals surface area contributed by atoms with Crippen molar-refractivity contribution < 1.29 is 9.53 Å². The number of anilines is 1. The number of ether oxygens (including phenoxy) is 1. The van der Waals surface area contributed by atoms with Gasteiger partial charge in [-0.1, -0.05) is 32.0 Å². The molecule has 2 unspecified atom stereocenters. The molecule has 0 radical (unpaired) electrons. The van der Waals surface area contributed by atoms with Crippen LogP contribution in [-0.4, -0.2) is 24.2 Å². The molecule has 0 aromatic heterocycles. The number of nitrogens with two attached hydrogens (primary N) is 1. The Bertz CT molecular complexity index is 464. The van der Waals surface area contributed by atoms with E-state index in [9.17, 15) is 4.79 Å². The van der Waals surface area contributed by atoms with Gasteiger partial charge in [0, 0.05) is 24.1 Å². The van der Waals surface area contributed by atoms with E-state index in [0.29, 0.717) is 13.0 Å². The van der Waals surface area contributed by atoms with Crippen LogP contribution in [0, 0.1) is 5.41 Å². The predicted octanol–water partition coefficient (Wildman–Crippen LogP) is 2.58. The van der Waals surface area contributed by atoms with Crippen molar-refractivity contribution in [3.05, 3.63) is 30.3 Å². The molecule has 4 nitrogen and oxygen atoms in total. The van der Waals surface area contributed by atoms with E-state index in [2.05, 4.69) is 5.32 Å². The first-order valence-corrected chi connectivity index (χ1v) is 6.69. The van der Waals surface area contributed by atoms with Crippen molar-refractivity contribution in [3.8, 4) is 0 Å². The smallest absolute Gasteiger partial charge is 0.245 e. The number of amides is 1. The van der Waals surface area contributed by atoms with Crippen LogP contribution in [0.1, 0.15) is 27.2 Å². The van der Waals surface area contributed by atoms with Gasteiger partial charge in [0.1, 0.15) is 5.54 Å². The molecule has 1 aromatic rings. The molecule has 2 rings (SSSR count). The molecule has 1 aromatic carbocycles. The molecule has 20 heavy (non-hydrogen) atoms. The molecule has 0 heterocycles. The molecular formula is C15H23ClN2O2. The van der Waals surface area contributed by atoms with E-state index in [-0.39, 0.29) is 29.8 Å². The summed E-state index contributed by atoms with van der Waals surface area (Å²) in [5, 5.41) is 2.88. The van der Waals surface area contributed by atoms with Crippen molar-refractivity contribution in [3.63, 3.8) is 0 Å². The van der Waals surface area contributed by atoms with Crippen molar-refractivity contribution in [1.82, 2.24) is 0 Å². The Hall–Kier alpha value is -1.10. The maximum Gasteiger partial charge on any atom is 0.245 e. The number of nitrogens with one attached hydrogen (secondary N) is 1. The van der Waals surface area contributed by atoms with Gasteiger partial charge in [-0.2, -0.15) is 0 Å². The van der Waals surface area contributed by atoms with Gasteiger partial charge in [0.25, 0.3) is 0 Å². The second-order valence-corrected chi connectivity index (χ2v) is 5.66. The fraction of sp³-hybridized carbons (Fsp3) is 0.533. The van der Waals surface area contributed by atoms with E-state index in [4.69, 9.17) is 10.5 Å². The SMILES string of the molecule is CCOC1CC(N)(C(=O)Nc2ccccc2)C1(C)C.Cl. The standard InChI is InChI=1S/C15H22N2O2.ClH/c1-4-19-12-10-15(16,14(12,2)3)13(18)17-11-8-6-5-7-9-11;/h5-9,12H,4,10,16H2,1-3H3,(H,17,18);1H. The molecule has 1 amide bonds. The highest BCUT2D eigenvalue weighted by atomic mass is 35.5. The highest BCUT2D eigenvalue weighted by Gasteiger charge is 2.62. The lowest BCUT2D eigenvalue weighted by atomic mass is 9.54. The van der Waals surface area contributed by atoms with E-state index in [0.717, 1.165) is 5.69 Å². The van der Waals surface area contributed by atoms with Crippen molar-refractivity contribution in [2.24, 2.45) is 11.1 Å². The zero-order chi connectivity index (χ0) is 14.1. The topological polar surface area (TPSA) is 64.3 Å². The Kier molecular flexibility index (Phi) is 5.19. The van der Waals surface area contributed by atoms with E-state index in [1.54, 1.807) is 0 Å². The molecule has 0 aliphatic heterocycles. The zero-order valence-corrected chi connectivity index (χ0v) is 13.0. The number of hydrogen-bond acceptors (Lipinski definition) is 3. The summed E-state index contributed by atoms with van der Waals surface area (Å²) in [4.78, 5) is 12.4. The van der Waals surface area contributed by atoms with Gasteiger partial charge >= 0.3 is 0 Å². The quantitative estimate of drug-likeness (QED) is 0.898. The number of carbonyl (C=O) groups is 1. The molecule has 0 spiro atoms. The molecule has 0 bridgehead atoms. The molecule has 1 fully saturated rings. The first-order chi connectivity index (χ1) is 8.91. The number of hydrogen-bond donors (Lipinski definition) is 2. The van der Waals surface area contributed by atoms with E-state index in [1.165, 1.54) is 0 Å². The van der Waals surface area contributed by atoms with Gasteiger partial charge in [-0.25, -0.2) is 0 Å². The Labute approximate surface area is 126 Å². The average molecular weight is 299 g/mol. The minimum atomic E-state index is -0.872. The molecule has 3 N–H and O–H groups in total. The number of benzene rings is 1. The second-order valence-electron chi connectivity index (χ2n) is 5.66. The van der Waals surface area contributed by atoms with E-state index in [1.807, 2.05) is 51.1 Å². The van der Waals surface area contributed by atoms with Gasteiger partial charge in [-0.3, -0.25) is 4.79 Å². The number of para-hydroxylation sites is 1. The molecular weight excluding hydrogens is 276 g/mol. The fourth-order valence-corrected chi connectivity index (χ4v) is 2.58. The summed E-state index contributed by atoms with van der Waals surface area (Å²) in [6.45, 7) is 6.57. The van der Waals surface area contributed by atoms with Gasteiger partial charge in [0.15, 0.2) is 0 Å². The Morgan fingerprint density at radius 3 is 2.50 bits per heavy atom. The van der Waals surface area contributed by atoms with Crippen LogP contribution < -0.4 is 11.1 Å². The van der Waals surface area contributed by atoms with Gasteiger partial charge in [-0.15, -0.1) is 12.4 Å². The number of rotatable bonds is 4. The first kappa shape index (κ1) is 17.0. The minimum absolute atomic E-state index is 0. The van der Waals surface area contributed by atoms with Crippen molar-refractivity contribution in [1.29, 1.82) is 0 Å². The third-order valence-corrected chi connectivity index (χ3v) is 4.27. The van der Waals surface area contributed by atoms with Gasteiger partial charge < -0.3 is 15.8 Å². The minimum Gasteiger partial charge on any atom is -0.378 e. The first-order valence-electron chi connectivity index (χ1n) is 6.69. The van der Waals surface area contributed by atoms with Crippen LogP contribution in [0.2, 0.25) is 0 Å². The fourth-order valence-electron chi connectivity index (χ4n) is 2.58. The van der Waals surface area contributed by atoms with Gasteiger partial charge in [0.2, 0.25) is 5.91 Å². The number of halogens is 1. The Morgan fingerprint density at radius 1 is 1.40 bits per heavy atom. The summed E-state index contributed by atoms with van der Waals surface area (Å²) in [6.07, 6.45) is 0.607. The van der Waals surface area contributed by atoms with Crippen molar-refractivity contribution in [2.75, 3.05) is 11.9 Å². The maximum atomic E-state index is 12.4. The van der Waals surface area contributed by atoms with Gasteiger partial charge in [0.05, 0.1) is 6.10 Å². The summed E-state index contributed by atoms with van der Waals surface area (Å²) in [6, 6.07) is 9.38. The highest BCUT2D eigenvalue weighted by Crippen LogP contribution is 2.50. The largest absolute Gasteiger partial charge is 0.378 e. The van der Waals surface area contributed by atoms with Crippen LogP contribution in [0.25, 0.3) is 0 Å². The predicted molar refractivity (Wildman–Crippen MR) is 83.1 cm³/mol. The van der Waals surface area contributed by atoms with Crippen LogP contribution in [0.5, 0.6) is 0 Å². The lowest BCUT2D eigenvalue weighted by Gasteiger charge is -2.57. The molecule has 112 valence electrons. The third-order valence-electron chi connectivity index (χ3n) is 4.27. The molecule has 1 aliphatic carbocycles. The summed E-state index contributed by atoms with van der Waals surface area (Å²) in [7, 11) is 0. The Balaban J connectivity index is 0.00000200. The molecule has 1 aliphatic rings. The lowest BCUT2D eigenvalue weighted by molar-refractivity contribution is -0.166. The average Bonchev–Trinajstić information content (AvgIpc) is 2.39. The Morgan fingerprint density at radius 2 is 2.00 bits per heavy atom. The van der Waals surface area contributed by atoms with E-state index < -0.39 is 5.54 Å². The monoisotopic (exact) mass is 298 g/mol. The van der Waals surface area contributed by atoms with Crippen LogP contribution in [0.15, 0.2) is 30.3 Å². The second kappa shape index (κ2) is 6.12. The van der Waals surface area contributed by atoms with E-state index >= 15 is 0 Å².